The van der Waals surface area contributed by atoms with E-state index >= 15 is 0 Å². The van der Waals surface area contributed by atoms with Gasteiger partial charge in [-0.3, -0.25) is 0 Å². The van der Waals surface area contributed by atoms with Crippen molar-refractivity contribution in [2.45, 2.75) is 32.6 Å². The largest absolute Gasteiger partial charge is 0.0665 e. The molecule has 0 spiro atoms. The van der Waals surface area contributed by atoms with Gasteiger partial charge in [0.15, 0.2) is 0 Å². The van der Waals surface area contributed by atoms with Crippen LogP contribution in [0.25, 0.3) is 6.08 Å². The Morgan fingerprint density at radius 3 is 2.79 bits per heavy atom. The summed E-state index contributed by atoms with van der Waals surface area (Å²) in [5.74, 6) is 0.857. The third-order valence-corrected chi connectivity index (χ3v) is 3.19. The molecule has 0 aliphatic heterocycles. The van der Waals surface area contributed by atoms with E-state index in [9.17, 15) is 0 Å². The SMILES string of the molecule is CCC1CCCC1=Cc1ccccc1. The average Bonchev–Trinajstić information content (AvgIpc) is 2.67. The highest BCUT2D eigenvalue weighted by molar-refractivity contribution is 5.53. The van der Waals surface area contributed by atoms with Crippen LogP contribution in [0.3, 0.4) is 0 Å². The maximum absolute atomic E-state index is 2.39. The number of allylic oxidation sites excluding steroid dienone is 1. The highest BCUT2D eigenvalue weighted by Crippen LogP contribution is 2.34. The van der Waals surface area contributed by atoms with Gasteiger partial charge in [-0.2, -0.15) is 0 Å². The van der Waals surface area contributed by atoms with Crippen LogP contribution in [0.15, 0.2) is 35.9 Å². The quantitative estimate of drug-likeness (QED) is 0.646. The van der Waals surface area contributed by atoms with Crippen molar-refractivity contribution in [3.63, 3.8) is 0 Å². The van der Waals surface area contributed by atoms with Gasteiger partial charge in [-0.1, -0.05) is 48.9 Å². The molecule has 1 fully saturated rings. The summed E-state index contributed by atoms with van der Waals surface area (Å²) in [6, 6.07) is 10.7. The Kier molecular flexibility index (Phi) is 3.03. The molecule has 1 aliphatic carbocycles. The minimum atomic E-state index is 0.857. The summed E-state index contributed by atoms with van der Waals surface area (Å²) >= 11 is 0. The first-order valence-electron chi connectivity index (χ1n) is 5.65. The summed E-state index contributed by atoms with van der Waals surface area (Å²) in [6.45, 7) is 2.30. The van der Waals surface area contributed by atoms with E-state index in [2.05, 4.69) is 43.3 Å². The van der Waals surface area contributed by atoms with Crippen LogP contribution in [-0.2, 0) is 0 Å². The molecule has 0 aromatic heterocycles. The zero-order chi connectivity index (χ0) is 9.80. The van der Waals surface area contributed by atoms with Crippen LogP contribution in [0.4, 0.5) is 0 Å². The van der Waals surface area contributed by atoms with Gasteiger partial charge in [-0.25, -0.2) is 0 Å². The van der Waals surface area contributed by atoms with Crippen LogP contribution < -0.4 is 0 Å². The highest BCUT2D eigenvalue weighted by Gasteiger charge is 2.18. The maximum Gasteiger partial charge on any atom is -0.0202 e. The van der Waals surface area contributed by atoms with Gasteiger partial charge in [0, 0.05) is 0 Å². The number of hydrogen-bond acceptors (Lipinski definition) is 0. The molecule has 1 unspecified atom stereocenters. The summed E-state index contributed by atoms with van der Waals surface area (Å²) < 4.78 is 0. The third-order valence-electron chi connectivity index (χ3n) is 3.19. The Labute approximate surface area is 86.7 Å². The molecule has 0 N–H and O–H groups in total. The molecule has 2 rings (SSSR count). The lowest BCUT2D eigenvalue weighted by Crippen LogP contribution is -1.93. The van der Waals surface area contributed by atoms with Crippen LogP contribution in [-0.4, -0.2) is 0 Å². The highest BCUT2D eigenvalue weighted by atomic mass is 14.2. The van der Waals surface area contributed by atoms with E-state index in [1.54, 1.807) is 5.57 Å². The molecule has 1 saturated carbocycles. The standard InChI is InChI=1S/C14H18/c1-2-13-9-6-10-14(13)11-12-7-4-3-5-8-12/h3-5,7-8,11,13H,2,6,9-10H2,1H3. The molecule has 0 heteroatoms. The maximum atomic E-state index is 2.39. The molecule has 0 nitrogen and oxygen atoms in total. The molecule has 0 heterocycles. The normalized spacial score (nSPS) is 24.4. The minimum Gasteiger partial charge on any atom is -0.0665 e. The fourth-order valence-electron chi connectivity index (χ4n) is 2.36. The van der Waals surface area contributed by atoms with E-state index in [0.29, 0.717) is 0 Å². The molecule has 74 valence electrons. The van der Waals surface area contributed by atoms with Crippen LogP contribution in [0.1, 0.15) is 38.2 Å². The Morgan fingerprint density at radius 2 is 2.07 bits per heavy atom. The average molecular weight is 186 g/mol. The van der Waals surface area contributed by atoms with Gasteiger partial charge in [-0.15, -0.1) is 0 Å². The molecule has 1 aromatic carbocycles. The van der Waals surface area contributed by atoms with E-state index in [4.69, 9.17) is 0 Å². The van der Waals surface area contributed by atoms with E-state index in [0.717, 1.165) is 5.92 Å². The van der Waals surface area contributed by atoms with Gasteiger partial charge in [0.2, 0.25) is 0 Å². The van der Waals surface area contributed by atoms with Crippen molar-refractivity contribution in [1.82, 2.24) is 0 Å². The van der Waals surface area contributed by atoms with E-state index in [1.807, 2.05) is 0 Å². The zero-order valence-corrected chi connectivity index (χ0v) is 8.87. The Bertz CT molecular complexity index is 308. The van der Waals surface area contributed by atoms with Crippen molar-refractivity contribution in [2.24, 2.45) is 5.92 Å². The summed E-state index contributed by atoms with van der Waals surface area (Å²) in [6.07, 6.45) is 7.79. The first kappa shape index (κ1) is 9.51. The van der Waals surface area contributed by atoms with Crippen LogP contribution >= 0.6 is 0 Å². The summed E-state index contributed by atoms with van der Waals surface area (Å²) in [7, 11) is 0. The van der Waals surface area contributed by atoms with E-state index in [-0.39, 0.29) is 0 Å². The molecule has 0 bridgehead atoms. The monoisotopic (exact) mass is 186 g/mol. The topological polar surface area (TPSA) is 0 Å². The van der Waals surface area contributed by atoms with Crippen molar-refractivity contribution in [3.8, 4) is 0 Å². The summed E-state index contributed by atoms with van der Waals surface area (Å²) in [4.78, 5) is 0. The Hall–Kier alpha value is -1.04. The first-order chi connectivity index (χ1) is 6.90. The molecule has 0 radical (unpaired) electrons. The molecule has 14 heavy (non-hydrogen) atoms. The van der Waals surface area contributed by atoms with Gasteiger partial charge in [0.1, 0.15) is 0 Å². The zero-order valence-electron chi connectivity index (χ0n) is 8.87. The van der Waals surface area contributed by atoms with Gasteiger partial charge in [0.05, 0.1) is 0 Å². The molecule has 0 saturated heterocycles. The number of hydrogen-bond donors (Lipinski definition) is 0. The number of benzene rings is 1. The fraction of sp³-hybridized carbons (Fsp3) is 0.429. The summed E-state index contributed by atoms with van der Waals surface area (Å²) in [5, 5.41) is 0. The van der Waals surface area contributed by atoms with Crippen LogP contribution in [0.5, 0.6) is 0 Å². The second kappa shape index (κ2) is 4.45. The molecule has 1 aliphatic rings. The molecule has 0 amide bonds. The fourth-order valence-corrected chi connectivity index (χ4v) is 2.36. The lowest BCUT2D eigenvalue weighted by atomic mass is 9.98. The summed E-state index contributed by atoms with van der Waals surface area (Å²) in [5.41, 5.74) is 3.03. The van der Waals surface area contributed by atoms with Crippen LogP contribution in [0.2, 0.25) is 0 Å². The lowest BCUT2D eigenvalue weighted by molar-refractivity contribution is 0.608. The van der Waals surface area contributed by atoms with E-state index < -0.39 is 0 Å². The van der Waals surface area contributed by atoms with Crippen molar-refractivity contribution in [3.05, 3.63) is 41.5 Å². The second-order valence-corrected chi connectivity index (χ2v) is 4.13. The lowest BCUT2D eigenvalue weighted by Gasteiger charge is -2.08. The third kappa shape index (κ3) is 2.06. The molecule has 1 atom stereocenters. The van der Waals surface area contributed by atoms with Gasteiger partial charge >= 0.3 is 0 Å². The predicted octanol–water partition coefficient (Wildman–Crippen LogP) is 4.28. The smallest absolute Gasteiger partial charge is 0.0202 e. The van der Waals surface area contributed by atoms with Gasteiger partial charge in [0.25, 0.3) is 0 Å². The molecular weight excluding hydrogens is 168 g/mol. The molecule has 1 aromatic rings. The molecular formula is C14H18. The van der Waals surface area contributed by atoms with Gasteiger partial charge in [-0.05, 0) is 37.2 Å². The predicted molar refractivity (Wildman–Crippen MR) is 62.1 cm³/mol. The minimum absolute atomic E-state index is 0.857. The van der Waals surface area contributed by atoms with E-state index in [1.165, 1.54) is 31.2 Å². The van der Waals surface area contributed by atoms with Crippen LogP contribution in [0, 0.1) is 5.92 Å². The van der Waals surface area contributed by atoms with Crippen molar-refractivity contribution < 1.29 is 0 Å². The van der Waals surface area contributed by atoms with Crippen molar-refractivity contribution in [2.75, 3.05) is 0 Å². The van der Waals surface area contributed by atoms with Gasteiger partial charge < -0.3 is 0 Å². The first-order valence-corrected chi connectivity index (χ1v) is 5.65. The Balaban J connectivity index is 2.18. The second-order valence-electron chi connectivity index (χ2n) is 4.13. The van der Waals surface area contributed by atoms with Crippen molar-refractivity contribution in [1.29, 1.82) is 0 Å². The van der Waals surface area contributed by atoms with Crippen molar-refractivity contribution >= 4 is 6.08 Å². The number of rotatable bonds is 2. The Morgan fingerprint density at radius 1 is 1.29 bits per heavy atom.